The van der Waals surface area contributed by atoms with E-state index in [1.807, 2.05) is 18.2 Å². The second kappa shape index (κ2) is 6.28. The number of aliphatic carboxylic acids is 1. The highest BCUT2D eigenvalue weighted by Gasteiger charge is 2.41. The molecule has 1 amide bonds. The fraction of sp³-hybridized carbons (Fsp3) is 0.471. The summed E-state index contributed by atoms with van der Waals surface area (Å²) in [6, 6.07) is 8.03. The van der Waals surface area contributed by atoms with Gasteiger partial charge in [-0.1, -0.05) is 12.1 Å². The summed E-state index contributed by atoms with van der Waals surface area (Å²) >= 11 is 1.67. The van der Waals surface area contributed by atoms with Gasteiger partial charge in [-0.05, 0) is 38.3 Å². The van der Waals surface area contributed by atoms with Gasteiger partial charge >= 0.3 is 5.97 Å². The monoisotopic (exact) mass is 332 g/mol. The van der Waals surface area contributed by atoms with Crippen LogP contribution in [0.4, 0.5) is 0 Å². The lowest BCUT2D eigenvalue weighted by Crippen LogP contribution is -2.34. The molecule has 1 aromatic heterocycles. The SMILES string of the molecule is C[C@]1(C(=O)O)CCN(C(=O)CCCc2nc3ccccc3s2)C1. The summed E-state index contributed by atoms with van der Waals surface area (Å²) < 4.78 is 1.17. The summed E-state index contributed by atoms with van der Waals surface area (Å²) in [6.45, 7) is 2.58. The van der Waals surface area contributed by atoms with Crippen molar-refractivity contribution in [2.24, 2.45) is 5.41 Å². The Morgan fingerprint density at radius 2 is 2.17 bits per heavy atom. The van der Waals surface area contributed by atoms with Gasteiger partial charge in [0.25, 0.3) is 0 Å². The van der Waals surface area contributed by atoms with Crippen LogP contribution in [0.3, 0.4) is 0 Å². The molecule has 0 unspecified atom stereocenters. The number of aryl methyl sites for hydroxylation is 1. The molecule has 1 aliphatic rings. The fourth-order valence-corrected chi connectivity index (χ4v) is 3.93. The van der Waals surface area contributed by atoms with Gasteiger partial charge in [-0.25, -0.2) is 4.98 Å². The van der Waals surface area contributed by atoms with E-state index in [1.54, 1.807) is 23.2 Å². The molecular weight excluding hydrogens is 312 g/mol. The highest BCUT2D eigenvalue weighted by molar-refractivity contribution is 7.18. The molecule has 6 heteroatoms. The molecule has 1 aliphatic heterocycles. The summed E-state index contributed by atoms with van der Waals surface area (Å²) in [4.78, 5) is 29.7. The molecule has 122 valence electrons. The van der Waals surface area contributed by atoms with Crippen LogP contribution in [0.2, 0.25) is 0 Å². The molecule has 1 fully saturated rings. The van der Waals surface area contributed by atoms with E-state index in [0.29, 0.717) is 25.9 Å². The van der Waals surface area contributed by atoms with Crippen LogP contribution < -0.4 is 0 Å². The van der Waals surface area contributed by atoms with E-state index in [2.05, 4.69) is 11.1 Å². The molecule has 5 nitrogen and oxygen atoms in total. The summed E-state index contributed by atoms with van der Waals surface area (Å²) in [5.74, 6) is -0.765. The van der Waals surface area contributed by atoms with Crippen LogP contribution in [-0.4, -0.2) is 40.0 Å². The van der Waals surface area contributed by atoms with E-state index >= 15 is 0 Å². The highest BCUT2D eigenvalue weighted by Crippen LogP contribution is 2.30. The maximum atomic E-state index is 12.2. The number of likely N-dealkylation sites (tertiary alicyclic amines) is 1. The fourth-order valence-electron chi connectivity index (χ4n) is 2.92. The summed E-state index contributed by atoms with van der Waals surface area (Å²) in [5, 5.41) is 10.3. The Morgan fingerprint density at radius 1 is 1.39 bits per heavy atom. The Bertz CT molecular complexity index is 709. The summed E-state index contributed by atoms with van der Waals surface area (Å²) in [5.41, 5.74) is 0.221. The number of carbonyl (C=O) groups is 2. The average Bonchev–Trinajstić information content (AvgIpc) is 3.11. The lowest BCUT2D eigenvalue weighted by Gasteiger charge is -2.20. The Kier molecular flexibility index (Phi) is 4.35. The third-order valence-electron chi connectivity index (χ3n) is 4.46. The van der Waals surface area contributed by atoms with Gasteiger partial charge in [-0.2, -0.15) is 0 Å². The van der Waals surface area contributed by atoms with E-state index in [9.17, 15) is 14.7 Å². The zero-order chi connectivity index (χ0) is 16.4. The van der Waals surface area contributed by atoms with Crippen LogP contribution in [0.5, 0.6) is 0 Å². The number of nitrogens with zero attached hydrogens (tertiary/aromatic N) is 2. The molecule has 1 aromatic carbocycles. The van der Waals surface area contributed by atoms with Gasteiger partial charge in [0.15, 0.2) is 0 Å². The largest absolute Gasteiger partial charge is 0.481 e. The van der Waals surface area contributed by atoms with Crippen molar-refractivity contribution in [2.45, 2.75) is 32.6 Å². The number of hydrogen-bond acceptors (Lipinski definition) is 4. The zero-order valence-corrected chi connectivity index (χ0v) is 13.9. The molecule has 0 radical (unpaired) electrons. The molecule has 0 spiro atoms. The minimum Gasteiger partial charge on any atom is -0.481 e. The normalized spacial score (nSPS) is 21.0. The number of fused-ring (bicyclic) bond motifs is 1. The highest BCUT2D eigenvalue weighted by atomic mass is 32.1. The Balaban J connectivity index is 1.51. The molecule has 0 saturated carbocycles. The number of carboxylic acid groups (broad SMARTS) is 1. The number of rotatable bonds is 5. The second-order valence-corrected chi connectivity index (χ2v) is 7.48. The number of benzene rings is 1. The topological polar surface area (TPSA) is 70.5 Å². The van der Waals surface area contributed by atoms with Crippen LogP contribution in [-0.2, 0) is 16.0 Å². The number of carboxylic acids is 1. The van der Waals surface area contributed by atoms with Crippen molar-refractivity contribution in [2.75, 3.05) is 13.1 Å². The third kappa shape index (κ3) is 3.37. The van der Waals surface area contributed by atoms with Crippen molar-refractivity contribution >= 4 is 33.4 Å². The first-order valence-corrected chi connectivity index (χ1v) is 8.65. The van der Waals surface area contributed by atoms with Gasteiger partial charge in [-0.3, -0.25) is 9.59 Å². The number of hydrogen-bond donors (Lipinski definition) is 1. The van der Waals surface area contributed by atoms with Crippen molar-refractivity contribution in [3.8, 4) is 0 Å². The number of carbonyl (C=O) groups excluding carboxylic acids is 1. The smallest absolute Gasteiger partial charge is 0.311 e. The van der Waals surface area contributed by atoms with Crippen molar-refractivity contribution in [3.63, 3.8) is 0 Å². The second-order valence-electron chi connectivity index (χ2n) is 6.36. The zero-order valence-electron chi connectivity index (χ0n) is 13.1. The molecule has 3 rings (SSSR count). The van der Waals surface area contributed by atoms with Crippen LogP contribution in [0.25, 0.3) is 10.2 Å². The van der Waals surface area contributed by atoms with Gasteiger partial charge in [0, 0.05) is 19.5 Å². The van der Waals surface area contributed by atoms with Gasteiger partial charge < -0.3 is 10.0 Å². The number of aromatic nitrogens is 1. The van der Waals surface area contributed by atoms with E-state index in [-0.39, 0.29) is 5.91 Å². The van der Waals surface area contributed by atoms with Crippen LogP contribution >= 0.6 is 11.3 Å². The first kappa shape index (κ1) is 15.9. The van der Waals surface area contributed by atoms with Gasteiger partial charge in [-0.15, -0.1) is 11.3 Å². The number of thiazole rings is 1. The lowest BCUT2D eigenvalue weighted by molar-refractivity contribution is -0.147. The standard InChI is InChI=1S/C17H20N2O3S/c1-17(16(21)22)9-10-19(11-17)15(20)8-4-7-14-18-12-5-2-3-6-13(12)23-14/h2-3,5-6H,4,7-11H2,1H3,(H,21,22)/t17-/m0/s1. The molecule has 0 aliphatic carbocycles. The molecule has 2 heterocycles. The maximum Gasteiger partial charge on any atom is 0.311 e. The van der Waals surface area contributed by atoms with Gasteiger partial charge in [0.1, 0.15) is 0 Å². The minimum atomic E-state index is -0.817. The summed E-state index contributed by atoms with van der Waals surface area (Å²) in [6.07, 6.45) is 2.52. The predicted octanol–water partition coefficient (Wildman–Crippen LogP) is 2.94. The van der Waals surface area contributed by atoms with Crippen LogP contribution in [0.1, 0.15) is 31.2 Å². The Morgan fingerprint density at radius 3 is 2.87 bits per heavy atom. The van der Waals surface area contributed by atoms with E-state index in [0.717, 1.165) is 23.4 Å². The van der Waals surface area contributed by atoms with Crippen molar-refractivity contribution in [3.05, 3.63) is 29.3 Å². The quantitative estimate of drug-likeness (QED) is 0.914. The third-order valence-corrected chi connectivity index (χ3v) is 5.56. The number of para-hydroxylation sites is 1. The van der Waals surface area contributed by atoms with Gasteiger partial charge in [0.05, 0.1) is 20.6 Å². The van der Waals surface area contributed by atoms with E-state index in [1.165, 1.54) is 4.70 Å². The maximum absolute atomic E-state index is 12.2. The molecule has 23 heavy (non-hydrogen) atoms. The van der Waals surface area contributed by atoms with E-state index < -0.39 is 11.4 Å². The molecular formula is C17H20N2O3S. The molecule has 2 aromatic rings. The molecule has 1 saturated heterocycles. The molecule has 1 N–H and O–H groups in total. The molecule has 0 bridgehead atoms. The van der Waals surface area contributed by atoms with Crippen molar-refractivity contribution in [1.29, 1.82) is 0 Å². The molecule has 1 atom stereocenters. The average molecular weight is 332 g/mol. The van der Waals surface area contributed by atoms with E-state index in [4.69, 9.17) is 0 Å². The minimum absolute atomic E-state index is 0.0519. The predicted molar refractivity (Wildman–Crippen MR) is 89.5 cm³/mol. The van der Waals surface area contributed by atoms with Gasteiger partial charge in [0.2, 0.25) is 5.91 Å². The first-order chi connectivity index (χ1) is 11.0. The van der Waals surface area contributed by atoms with Crippen LogP contribution in [0, 0.1) is 5.41 Å². The van der Waals surface area contributed by atoms with Crippen molar-refractivity contribution < 1.29 is 14.7 Å². The van der Waals surface area contributed by atoms with Crippen molar-refractivity contribution in [1.82, 2.24) is 9.88 Å². The van der Waals surface area contributed by atoms with Crippen LogP contribution in [0.15, 0.2) is 24.3 Å². The first-order valence-electron chi connectivity index (χ1n) is 7.83. The lowest BCUT2D eigenvalue weighted by atomic mass is 9.90. The Hall–Kier alpha value is -1.95. The number of amides is 1. The Labute approximate surface area is 138 Å². The summed E-state index contributed by atoms with van der Waals surface area (Å²) in [7, 11) is 0.